The van der Waals surface area contributed by atoms with Crippen molar-refractivity contribution < 1.29 is 4.92 Å². The van der Waals surface area contributed by atoms with E-state index in [4.69, 9.17) is 0 Å². The van der Waals surface area contributed by atoms with Crippen molar-refractivity contribution in [3.8, 4) is 0 Å². The molecule has 1 atom stereocenters. The fourth-order valence-electron chi connectivity index (χ4n) is 1.53. The smallest absolute Gasteiger partial charge is 0.269 e. The molecule has 18 heavy (non-hydrogen) atoms. The summed E-state index contributed by atoms with van der Waals surface area (Å²) in [4.78, 5) is 10.5. The molecule has 1 unspecified atom stereocenters. The maximum Gasteiger partial charge on any atom is 0.269 e. The van der Waals surface area contributed by atoms with E-state index < -0.39 is 0 Å². The van der Waals surface area contributed by atoms with Gasteiger partial charge >= 0.3 is 0 Å². The van der Waals surface area contributed by atoms with Gasteiger partial charge in [0, 0.05) is 35.4 Å². The van der Waals surface area contributed by atoms with Gasteiger partial charge in [0.25, 0.3) is 5.69 Å². The first-order valence-electron chi connectivity index (χ1n) is 6.21. The van der Waals surface area contributed by atoms with Gasteiger partial charge in [0.1, 0.15) is 0 Å². The van der Waals surface area contributed by atoms with Crippen molar-refractivity contribution in [2.24, 2.45) is 0 Å². The van der Waals surface area contributed by atoms with Crippen LogP contribution in [0, 0.1) is 10.1 Å². The van der Waals surface area contributed by atoms with Gasteiger partial charge in [-0.25, -0.2) is 0 Å². The van der Waals surface area contributed by atoms with Crippen LogP contribution in [0.4, 0.5) is 11.4 Å². The van der Waals surface area contributed by atoms with Crippen molar-refractivity contribution in [1.29, 1.82) is 0 Å². The molecule has 5 heteroatoms. The number of nitro benzene ring substituents is 1. The fourth-order valence-corrected chi connectivity index (χ4v) is 2.46. The predicted molar refractivity (Wildman–Crippen MR) is 78.3 cm³/mol. The minimum Gasteiger partial charge on any atom is -0.385 e. The molecule has 0 aromatic heterocycles. The standard InChI is InChI=1S/C13H20N2O2S/c1-4-10(3)18-9-11-8-12(15(16)17)6-7-13(11)14-5-2/h6-8,10,14H,4-5,9H2,1-3H3. The molecule has 0 fully saturated rings. The maximum absolute atomic E-state index is 10.8. The highest BCUT2D eigenvalue weighted by Crippen LogP contribution is 2.28. The van der Waals surface area contributed by atoms with Crippen LogP contribution in [0.5, 0.6) is 0 Å². The monoisotopic (exact) mass is 268 g/mol. The molecule has 1 rings (SSSR count). The van der Waals surface area contributed by atoms with Crippen LogP contribution in [0.25, 0.3) is 0 Å². The number of non-ortho nitro benzene ring substituents is 1. The molecule has 1 aromatic carbocycles. The molecule has 0 amide bonds. The second-order valence-electron chi connectivity index (χ2n) is 4.16. The Kier molecular flexibility index (Phi) is 5.98. The Morgan fingerprint density at radius 1 is 1.44 bits per heavy atom. The molecule has 0 spiro atoms. The zero-order chi connectivity index (χ0) is 13.5. The number of thioether (sulfide) groups is 1. The molecule has 0 aliphatic carbocycles. The van der Waals surface area contributed by atoms with Crippen LogP contribution in [0.3, 0.4) is 0 Å². The lowest BCUT2D eigenvalue weighted by Crippen LogP contribution is -2.02. The number of nitro groups is 1. The van der Waals surface area contributed by atoms with E-state index in [1.807, 2.05) is 18.7 Å². The number of hydrogen-bond donors (Lipinski definition) is 1. The van der Waals surface area contributed by atoms with Gasteiger partial charge in [0.15, 0.2) is 0 Å². The van der Waals surface area contributed by atoms with Gasteiger partial charge in [0.2, 0.25) is 0 Å². The lowest BCUT2D eigenvalue weighted by atomic mass is 10.2. The Balaban J connectivity index is 2.88. The van der Waals surface area contributed by atoms with Gasteiger partial charge in [-0.2, -0.15) is 11.8 Å². The summed E-state index contributed by atoms with van der Waals surface area (Å²) in [5.74, 6) is 0.805. The zero-order valence-corrected chi connectivity index (χ0v) is 11.9. The van der Waals surface area contributed by atoms with E-state index in [0.29, 0.717) is 5.25 Å². The van der Waals surface area contributed by atoms with Crippen molar-refractivity contribution in [3.63, 3.8) is 0 Å². The van der Waals surface area contributed by atoms with E-state index >= 15 is 0 Å². The van der Waals surface area contributed by atoms with E-state index in [1.54, 1.807) is 18.2 Å². The number of rotatable bonds is 7. The molecule has 0 saturated heterocycles. The van der Waals surface area contributed by atoms with Crippen LogP contribution in [0.15, 0.2) is 18.2 Å². The second-order valence-corrected chi connectivity index (χ2v) is 5.59. The summed E-state index contributed by atoms with van der Waals surface area (Å²) in [5, 5.41) is 14.6. The summed E-state index contributed by atoms with van der Waals surface area (Å²) in [5.41, 5.74) is 2.17. The quantitative estimate of drug-likeness (QED) is 0.598. The molecule has 0 aliphatic heterocycles. The lowest BCUT2D eigenvalue weighted by Gasteiger charge is -2.12. The minimum atomic E-state index is -0.340. The molecule has 4 nitrogen and oxygen atoms in total. The van der Waals surface area contributed by atoms with Crippen molar-refractivity contribution in [2.75, 3.05) is 11.9 Å². The second kappa shape index (κ2) is 7.26. The zero-order valence-electron chi connectivity index (χ0n) is 11.1. The van der Waals surface area contributed by atoms with Crippen LogP contribution in [-0.2, 0) is 5.75 Å². The predicted octanol–water partition coefficient (Wildman–Crippen LogP) is 4.06. The third-order valence-corrected chi connectivity index (χ3v) is 4.15. The Morgan fingerprint density at radius 3 is 2.72 bits per heavy atom. The van der Waals surface area contributed by atoms with Gasteiger partial charge < -0.3 is 5.32 Å². The van der Waals surface area contributed by atoms with Crippen molar-refractivity contribution in [2.45, 2.75) is 38.2 Å². The van der Waals surface area contributed by atoms with Gasteiger partial charge in [-0.05, 0) is 25.0 Å². The number of hydrogen-bond acceptors (Lipinski definition) is 4. The molecular weight excluding hydrogens is 248 g/mol. The Morgan fingerprint density at radius 2 is 2.17 bits per heavy atom. The van der Waals surface area contributed by atoms with E-state index in [2.05, 4.69) is 19.2 Å². The van der Waals surface area contributed by atoms with E-state index in [1.165, 1.54) is 0 Å². The van der Waals surface area contributed by atoms with E-state index in [0.717, 1.165) is 30.0 Å². The summed E-state index contributed by atoms with van der Waals surface area (Å²) >= 11 is 1.83. The lowest BCUT2D eigenvalue weighted by molar-refractivity contribution is -0.384. The SMILES string of the molecule is CCNc1ccc([N+](=O)[O-])cc1CSC(C)CC. The number of benzene rings is 1. The Bertz CT molecular complexity index is 410. The first kappa shape index (κ1) is 14.8. The summed E-state index contributed by atoms with van der Waals surface area (Å²) in [7, 11) is 0. The van der Waals surface area contributed by atoms with Crippen molar-refractivity contribution in [3.05, 3.63) is 33.9 Å². The topological polar surface area (TPSA) is 55.2 Å². The Labute approximate surface area is 112 Å². The molecule has 0 saturated carbocycles. The third-order valence-electron chi connectivity index (χ3n) is 2.77. The summed E-state index contributed by atoms with van der Waals surface area (Å²) in [6.07, 6.45) is 1.11. The first-order valence-corrected chi connectivity index (χ1v) is 7.26. The van der Waals surface area contributed by atoms with Crippen molar-refractivity contribution >= 4 is 23.1 Å². The highest BCUT2D eigenvalue weighted by atomic mass is 32.2. The normalized spacial score (nSPS) is 12.2. The maximum atomic E-state index is 10.8. The summed E-state index contributed by atoms with van der Waals surface area (Å²) < 4.78 is 0. The average molecular weight is 268 g/mol. The summed E-state index contributed by atoms with van der Waals surface area (Å²) in [6.45, 7) is 7.16. The first-order chi connectivity index (χ1) is 8.58. The highest BCUT2D eigenvalue weighted by molar-refractivity contribution is 7.99. The molecule has 1 aromatic rings. The molecule has 0 radical (unpaired) electrons. The number of nitrogens with one attached hydrogen (secondary N) is 1. The number of anilines is 1. The third kappa shape index (κ3) is 4.22. The van der Waals surface area contributed by atoms with Gasteiger partial charge in [-0.15, -0.1) is 0 Å². The summed E-state index contributed by atoms with van der Waals surface area (Å²) in [6, 6.07) is 5.02. The van der Waals surface area contributed by atoms with E-state index in [-0.39, 0.29) is 10.6 Å². The van der Waals surface area contributed by atoms with Gasteiger partial charge in [0.05, 0.1) is 4.92 Å². The largest absolute Gasteiger partial charge is 0.385 e. The van der Waals surface area contributed by atoms with Crippen molar-refractivity contribution in [1.82, 2.24) is 0 Å². The molecule has 1 N–H and O–H groups in total. The van der Waals surface area contributed by atoms with Crippen LogP contribution in [0.1, 0.15) is 32.8 Å². The van der Waals surface area contributed by atoms with Crippen LogP contribution in [0.2, 0.25) is 0 Å². The molecule has 0 aliphatic rings. The minimum absolute atomic E-state index is 0.163. The fraction of sp³-hybridized carbons (Fsp3) is 0.538. The number of nitrogens with zero attached hydrogens (tertiary/aromatic N) is 1. The molecular formula is C13H20N2O2S. The van der Waals surface area contributed by atoms with Crippen LogP contribution in [-0.4, -0.2) is 16.7 Å². The average Bonchev–Trinajstić information content (AvgIpc) is 2.37. The van der Waals surface area contributed by atoms with Crippen LogP contribution >= 0.6 is 11.8 Å². The molecule has 0 heterocycles. The molecule has 0 bridgehead atoms. The highest BCUT2D eigenvalue weighted by Gasteiger charge is 2.11. The van der Waals surface area contributed by atoms with Crippen LogP contribution < -0.4 is 5.32 Å². The molecule has 100 valence electrons. The van der Waals surface area contributed by atoms with Gasteiger partial charge in [-0.3, -0.25) is 10.1 Å². The van der Waals surface area contributed by atoms with E-state index in [9.17, 15) is 10.1 Å². The van der Waals surface area contributed by atoms with Gasteiger partial charge in [-0.1, -0.05) is 13.8 Å². The Hall–Kier alpha value is -1.23.